The van der Waals surface area contributed by atoms with Gasteiger partial charge in [-0.15, -0.1) is 0 Å². The van der Waals surface area contributed by atoms with E-state index in [1.54, 1.807) is 18.2 Å². The molecule has 78 valence electrons. The van der Waals surface area contributed by atoms with Crippen LogP contribution in [-0.2, 0) is 0 Å². The largest absolute Gasteiger partial charge is 0.483 e. The molecule has 0 aliphatic rings. The molecule has 2 nitrogen and oxygen atoms in total. The van der Waals surface area contributed by atoms with E-state index in [2.05, 4.69) is 5.32 Å². The third-order valence-electron chi connectivity index (χ3n) is 1.83. The summed E-state index contributed by atoms with van der Waals surface area (Å²) in [5.41, 5.74) is -0.406. The fourth-order valence-corrected chi connectivity index (χ4v) is 1.29. The molecule has 0 atom stereocenters. The van der Waals surface area contributed by atoms with Crippen LogP contribution in [0.5, 0.6) is 5.75 Å². The minimum atomic E-state index is -0.406. The number of nitrogens with one attached hydrogen (secondary N) is 1. The molecule has 3 heteroatoms. The Bertz CT molecular complexity index is 299. The lowest BCUT2D eigenvalue weighted by molar-refractivity contribution is 0.105. The lowest BCUT2D eigenvalue weighted by Gasteiger charge is -2.26. The highest BCUT2D eigenvalue weighted by molar-refractivity contribution is 5.24. The van der Waals surface area contributed by atoms with Crippen molar-refractivity contribution in [1.29, 1.82) is 0 Å². The number of rotatable bonds is 4. The molecule has 0 spiro atoms. The van der Waals surface area contributed by atoms with Crippen molar-refractivity contribution < 1.29 is 9.13 Å². The molecule has 0 aromatic heterocycles. The van der Waals surface area contributed by atoms with Gasteiger partial charge in [-0.2, -0.15) is 0 Å². The van der Waals surface area contributed by atoms with Crippen LogP contribution >= 0.6 is 0 Å². The number of hydrogen-bond donors (Lipinski definition) is 1. The molecule has 0 amide bonds. The molecule has 1 aromatic rings. The van der Waals surface area contributed by atoms with Gasteiger partial charge in [0, 0.05) is 6.54 Å². The van der Waals surface area contributed by atoms with E-state index in [0.717, 1.165) is 0 Å². The topological polar surface area (TPSA) is 21.3 Å². The Labute approximate surface area is 84.1 Å². The molecule has 1 rings (SSSR count). The van der Waals surface area contributed by atoms with E-state index < -0.39 is 5.60 Å². The summed E-state index contributed by atoms with van der Waals surface area (Å²) in [6, 6.07) is 6.43. The van der Waals surface area contributed by atoms with Crippen LogP contribution in [-0.4, -0.2) is 19.2 Å². The molecule has 0 fully saturated rings. The average Bonchev–Trinajstić information content (AvgIpc) is 2.08. The van der Waals surface area contributed by atoms with Crippen LogP contribution in [0.15, 0.2) is 24.3 Å². The quantitative estimate of drug-likeness (QED) is 0.799. The van der Waals surface area contributed by atoms with Gasteiger partial charge in [0.05, 0.1) is 0 Å². The predicted molar refractivity (Wildman–Crippen MR) is 55.0 cm³/mol. The van der Waals surface area contributed by atoms with Crippen LogP contribution in [0.2, 0.25) is 0 Å². The Balaban J connectivity index is 2.73. The van der Waals surface area contributed by atoms with Gasteiger partial charge < -0.3 is 10.1 Å². The molecule has 1 aromatic carbocycles. The predicted octanol–water partition coefficient (Wildman–Crippen LogP) is 2.20. The van der Waals surface area contributed by atoms with Crippen LogP contribution in [0.4, 0.5) is 4.39 Å². The van der Waals surface area contributed by atoms with E-state index in [1.165, 1.54) is 6.07 Å². The summed E-state index contributed by atoms with van der Waals surface area (Å²) in [6.45, 7) is 4.49. The molecule has 0 saturated heterocycles. The summed E-state index contributed by atoms with van der Waals surface area (Å²) in [5, 5.41) is 3.00. The fourth-order valence-electron chi connectivity index (χ4n) is 1.29. The van der Waals surface area contributed by atoms with Gasteiger partial charge in [-0.05, 0) is 33.0 Å². The van der Waals surface area contributed by atoms with Crippen molar-refractivity contribution in [1.82, 2.24) is 5.32 Å². The van der Waals surface area contributed by atoms with Crippen molar-refractivity contribution in [3.63, 3.8) is 0 Å². The zero-order chi connectivity index (χ0) is 10.6. The molecule has 0 radical (unpaired) electrons. The first-order valence-corrected chi connectivity index (χ1v) is 4.63. The molecule has 0 heterocycles. The Morgan fingerprint density at radius 3 is 2.57 bits per heavy atom. The maximum absolute atomic E-state index is 13.2. The number of halogens is 1. The van der Waals surface area contributed by atoms with E-state index >= 15 is 0 Å². The maximum Gasteiger partial charge on any atom is 0.165 e. The van der Waals surface area contributed by atoms with Crippen molar-refractivity contribution in [3.8, 4) is 5.75 Å². The minimum absolute atomic E-state index is 0.299. The number of ether oxygens (including phenoxy) is 1. The van der Waals surface area contributed by atoms with Crippen LogP contribution in [0, 0.1) is 5.82 Å². The van der Waals surface area contributed by atoms with Gasteiger partial charge in [-0.25, -0.2) is 4.39 Å². The summed E-state index contributed by atoms with van der Waals surface area (Å²) >= 11 is 0. The third kappa shape index (κ3) is 3.00. The Morgan fingerprint density at radius 2 is 2.00 bits per heavy atom. The van der Waals surface area contributed by atoms with E-state index in [4.69, 9.17) is 4.74 Å². The van der Waals surface area contributed by atoms with Crippen molar-refractivity contribution in [2.75, 3.05) is 13.6 Å². The van der Waals surface area contributed by atoms with Crippen LogP contribution in [0.3, 0.4) is 0 Å². The standard InChI is InChI=1S/C11H16FNO/c1-11(2,8-13-3)14-10-7-5-4-6-9(10)12/h4-7,13H,8H2,1-3H3. The first kappa shape index (κ1) is 11.0. The van der Waals surface area contributed by atoms with Crippen LogP contribution in [0.25, 0.3) is 0 Å². The molecule has 0 aliphatic carbocycles. The van der Waals surface area contributed by atoms with Gasteiger partial charge in [0.2, 0.25) is 0 Å². The van der Waals surface area contributed by atoms with E-state index in [1.807, 2.05) is 20.9 Å². The fraction of sp³-hybridized carbons (Fsp3) is 0.455. The van der Waals surface area contributed by atoms with Crippen molar-refractivity contribution in [3.05, 3.63) is 30.1 Å². The Morgan fingerprint density at radius 1 is 1.36 bits per heavy atom. The number of para-hydroxylation sites is 1. The SMILES string of the molecule is CNCC(C)(C)Oc1ccccc1F. The van der Waals surface area contributed by atoms with Crippen LogP contribution in [0.1, 0.15) is 13.8 Å². The molecular weight excluding hydrogens is 181 g/mol. The molecular formula is C11H16FNO. The number of likely N-dealkylation sites (N-methyl/N-ethyl adjacent to an activating group) is 1. The molecule has 1 N–H and O–H groups in total. The highest BCUT2D eigenvalue weighted by Crippen LogP contribution is 2.20. The Hall–Kier alpha value is -1.09. The van der Waals surface area contributed by atoms with Gasteiger partial charge in [0.1, 0.15) is 5.60 Å². The average molecular weight is 197 g/mol. The molecule has 0 aliphatic heterocycles. The van der Waals surface area contributed by atoms with Crippen molar-refractivity contribution in [2.45, 2.75) is 19.4 Å². The number of hydrogen-bond acceptors (Lipinski definition) is 2. The number of benzene rings is 1. The van der Waals surface area contributed by atoms with Gasteiger partial charge in [-0.1, -0.05) is 12.1 Å². The zero-order valence-corrected chi connectivity index (χ0v) is 8.80. The van der Waals surface area contributed by atoms with Gasteiger partial charge in [0.15, 0.2) is 11.6 Å². The molecule has 0 saturated carbocycles. The summed E-state index contributed by atoms with van der Waals surface area (Å²) in [5.74, 6) is -0.0237. The molecule has 14 heavy (non-hydrogen) atoms. The molecule has 0 unspecified atom stereocenters. The first-order valence-electron chi connectivity index (χ1n) is 4.63. The highest BCUT2D eigenvalue weighted by atomic mass is 19.1. The van der Waals surface area contributed by atoms with Crippen molar-refractivity contribution in [2.24, 2.45) is 0 Å². The normalized spacial score (nSPS) is 11.4. The van der Waals surface area contributed by atoms with E-state index in [0.29, 0.717) is 12.3 Å². The smallest absolute Gasteiger partial charge is 0.165 e. The second-order valence-corrected chi connectivity index (χ2v) is 3.82. The van der Waals surface area contributed by atoms with Crippen molar-refractivity contribution >= 4 is 0 Å². The Kier molecular flexibility index (Phi) is 3.47. The van der Waals surface area contributed by atoms with Gasteiger partial charge in [0.25, 0.3) is 0 Å². The monoisotopic (exact) mass is 197 g/mol. The van der Waals surface area contributed by atoms with E-state index in [9.17, 15) is 4.39 Å². The maximum atomic E-state index is 13.2. The van der Waals surface area contributed by atoms with Crippen LogP contribution < -0.4 is 10.1 Å². The zero-order valence-electron chi connectivity index (χ0n) is 8.80. The first-order chi connectivity index (χ1) is 6.55. The third-order valence-corrected chi connectivity index (χ3v) is 1.83. The highest BCUT2D eigenvalue weighted by Gasteiger charge is 2.19. The van der Waals surface area contributed by atoms with Gasteiger partial charge >= 0.3 is 0 Å². The summed E-state index contributed by atoms with van der Waals surface area (Å²) in [6.07, 6.45) is 0. The lowest BCUT2D eigenvalue weighted by atomic mass is 10.1. The second kappa shape index (κ2) is 4.42. The summed E-state index contributed by atoms with van der Waals surface area (Å²) in [7, 11) is 1.84. The minimum Gasteiger partial charge on any atom is -0.483 e. The van der Waals surface area contributed by atoms with Gasteiger partial charge in [-0.3, -0.25) is 0 Å². The summed E-state index contributed by atoms with van der Waals surface area (Å²) in [4.78, 5) is 0. The van der Waals surface area contributed by atoms with E-state index in [-0.39, 0.29) is 5.82 Å². The second-order valence-electron chi connectivity index (χ2n) is 3.82. The summed E-state index contributed by atoms with van der Waals surface area (Å²) < 4.78 is 18.8. The molecule has 0 bridgehead atoms. The lowest BCUT2D eigenvalue weighted by Crippen LogP contribution is -2.39.